The number of sulfone groups is 1. The molecule has 30 heavy (non-hydrogen) atoms. The maximum absolute atomic E-state index is 13.2. The van der Waals surface area contributed by atoms with E-state index in [-0.39, 0.29) is 45.1 Å². The summed E-state index contributed by atoms with van der Waals surface area (Å²) in [6.45, 7) is 4.96. The molecule has 0 bridgehead atoms. The first-order chi connectivity index (χ1) is 14.2. The molecule has 0 aliphatic rings. The van der Waals surface area contributed by atoms with Gasteiger partial charge in [0.25, 0.3) is 0 Å². The zero-order valence-electron chi connectivity index (χ0n) is 16.7. The zero-order valence-corrected chi connectivity index (χ0v) is 18.3. The molecule has 1 aromatic heterocycles. The molecular weight excluding hydrogens is 428 g/mol. The van der Waals surface area contributed by atoms with Gasteiger partial charge < -0.3 is 9.94 Å². The molecule has 0 amide bonds. The highest BCUT2D eigenvalue weighted by atomic mass is 35.5. The normalized spacial score (nSPS) is 11.5. The molecule has 1 N–H and O–H groups in total. The van der Waals surface area contributed by atoms with Crippen LogP contribution >= 0.6 is 11.6 Å². The number of imidazole rings is 1. The van der Waals surface area contributed by atoms with E-state index in [0.717, 1.165) is 4.73 Å². The number of ether oxygens (including phenoxy) is 1. The van der Waals surface area contributed by atoms with E-state index in [4.69, 9.17) is 16.3 Å². The smallest absolute Gasteiger partial charge is 0.216 e. The van der Waals surface area contributed by atoms with Gasteiger partial charge in [-0.05, 0) is 26.0 Å². The van der Waals surface area contributed by atoms with Crippen molar-refractivity contribution < 1.29 is 23.2 Å². The average molecular weight is 449 g/mol. The second-order valence-corrected chi connectivity index (χ2v) is 9.09. The Bertz CT molecular complexity index is 1200. The van der Waals surface area contributed by atoms with Gasteiger partial charge in [-0.3, -0.25) is 4.79 Å². The minimum absolute atomic E-state index is 0.00748. The van der Waals surface area contributed by atoms with Crippen LogP contribution < -0.4 is 4.74 Å². The summed E-state index contributed by atoms with van der Waals surface area (Å²) in [5, 5.41) is 10.5. The lowest BCUT2D eigenvalue weighted by atomic mass is 10.1. The SMILES string of the molecule is CCOc1c(S(=O)(=O)CC)ccc(C(=O)c2c(C)nc(-c3ccccc3)n2O)c1Cl. The highest BCUT2D eigenvalue weighted by molar-refractivity contribution is 7.91. The highest BCUT2D eigenvalue weighted by Gasteiger charge is 2.29. The minimum Gasteiger partial charge on any atom is -0.491 e. The van der Waals surface area contributed by atoms with Gasteiger partial charge in [-0.2, -0.15) is 4.73 Å². The number of aromatic nitrogens is 2. The number of rotatable bonds is 7. The van der Waals surface area contributed by atoms with Gasteiger partial charge in [0.15, 0.2) is 27.1 Å². The van der Waals surface area contributed by atoms with Gasteiger partial charge in [0, 0.05) is 11.1 Å². The number of halogens is 1. The van der Waals surface area contributed by atoms with Crippen molar-refractivity contribution in [1.29, 1.82) is 0 Å². The molecule has 0 fully saturated rings. The lowest BCUT2D eigenvalue weighted by Crippen LogP contribution is -2.13. The first-order valence-corrected chi connectivity index (χ1v) is 11.3. The van der Waals surface area contributed by atoms with E-state index in [9.17, 15) is 18.4 Å². The quantitative estimate of drug-likeness (QED) is 0.430. The van der Waals surface area contributed by atoms with Gasteiger partial charge in [0.2, 0.25) is 5.78 Å². The van der Waals surface area contributed by atoms with E-state index in [1.807, 2.05) is 6.07 Å². The van der Waals surface area contributed by atoms with Crippen molar-refractivity contribution in [2.45, 2.75) is 25.7 Å². The van der Waals surface area contributed by atoms with Crippen LogP contribution in [0.1, 0.15) is 35.6 Å². The molecule has 7 nitrogen and oxygen atoms in total. The van der Waals surface area contributed by atoms with Gasteiger partial charge in [-0.25, -0.2) is 13.4 Å². The van der Waals surface area contributed by atoms with Crippen molar-refractivity contribution >= 4 is 27.2 Å². The lowest BCUT2D eigenvalue weighted by molar-refractivity contribution is 0.0986. The van der Waals surface area contributed by atoms with Crippen LogP contribution in [0.5, 0.6) is 5.75 Å². The third-order valence-electron chi connectivity index (χ3n) is 4.59. The van der Waals surface area contributed by atoms with E-state index < -0.39 is 15.6 Å². The van der Waals surface area contributed by atoms with Crippen LogP contribution in [0.4, 0.5) is 0 Å². The molecule has 0 spiro atoms. The van der Waals surface area contributed by atoms with Gasteiger partial charge in [0.1, 0.15) is 4.90 Å². The van der Waals surface area contributed by atoms with Crippen molar-refractivity contribution in [3.63, 3.8) is 0 Å². The monoisotopic (exact) mass is 448 g/mol. The third-order valence-corrected chi connectivity index (χ3v) is 6.71. The minimum atomic E-state index is -3.62. The second-order valence-electron chi connectivity index (χ2n) is 6.47. The molecular formula is C21H21ClN2O5S. The van der Waals surface area contributed by atoms with E-state index in [1.165, 1.54) is 19.1 Å². The average Bonchev–Trinajstić information content (AvgIpc) is 3.03. The Kier molecular flexibility index (Phi) is 6.19. The molecule has 158 valence electrons. The van der Waals surface area contributed by atoms with Crippen molar-refractivity contribution in [2.75, 3.05) is 12.4 Å². The number of carbonyl (C=O) groups is 1. The Labute approximate surface area is 179 Å². The van der Waals surface area contributed by atoms with Crippen molar-refractivity contribution in [3.05, 3.63) is 64.4 Å². The molecule has 9 heteroatoms. The predicted octanol–water partition coefficient (Wildman–Crippen LogP) is 4.17. The predicted molar refractivity (Wildman–Crippen MR) is 113 cm³/mol. The number of hydrogen-bond donors (Lipinski definition) is 1. The molecule has 0 aliphatic heterocycles. The van der Waals surface area contributed by atoms with E-state index >= 15 is 0 Å². The lowest BCUT2D eigenvalue weighted by Gasteiger charge is -2.14. The van der Waals surface area contributed by atoms with E-state index in [1.54, 1.807) is 38.1 Å². The Morgan fingerprint density at radius 1 is 1.17 bits per heavy atom. The summed E-state index contributed by atoms with van der Waals surface area (Å²) in [5.41, 5.74) is 0.880. The Morgan fingerprint density at radius 2 is 1.83 bits per heavy atom. The van der Waals surface area contributed by atoms with Crippen LogP contribution in [-0.2, 0) is 9.84 Å². The summed E-state index contributed by atoms with van der Waals surface area (Å²) in [6, 6.07) is 11.5. The fourth-order valence-corrected chi connectivity index (χ4v) is 4.46. The third kappa shape index (κ3) is 3.80. The molecule has 3 aromatic rings. The van der Waals surface area contributed by atoms with Crippen molar-refractivity contribution in [1.82, 2.24) is 9.71 Å². The summed E-state index contributed by atoms with van der Waals surface area (Å²) < 4.78 is 31.0. The molecule has 0 saturated carbocycles. The van der Waals surface area contributed by atoms with Crippen LogP contribution in [0.2, 0.25) is 5.02 Å². The zero-order chi connectivity index (χ0) is 22.1. The molecule has 2 aromatic carbocycles. The first kappa shape index (κ1) is 21.9. The number of benzene rings is 2. The number of hydrogen-bond acceptors (Lipinski definition) is 6. The molecule has 1 heterocycles. The van der Waals surface area contributed by atoms with Crippen molar-refractivity contribution in [2.24, 2.45) is 0 Å². The summed E-state index contributed by atoms with van der Waals surface area (Å²) in [5.74, 6) is -0.602. The van der Waals surface area contributed by atoms with Crippen molar-refractivity contribution in [3.8, 4) is 17.1 Å². The van der Waals surface area contributed by atoms with Crippen LogP contribution in [0.3, 0.4) is 0 Å². The standard InChI is InChI=1S/C21H21ClN2O5S/c1-4-29-20-16(30(27,28)5-2)12-11-15(17(20)22)19(25)18-13(3)23-21(24(18)26)14-9-7-6-8-10-14/h6-12,26H,4-5H2,1-3H3. The van der Waals surface area contributed by atoms with Crippen LogP contribution in [0.25, 0.3) is 11.4 Å². The van der Waals surface area contributed by atoms with E-state index in [0.29, 0.717) is 11.3 Å². The molecule has 0 aliphatic carbocycles. The number of aryl methyl sites for hydroxylation is 1. The fourth-order valence-electron chi connectivity index (χ4n) is 3.07. The molecule has 0 saturated heterocycles. The molecule has 0 unspecified atom stereocenters. The Morgan fingerprint density at radius 3 is 2.43 bits per heavy atom. The van der Waals surface area contributed by atoms with Crippen LogP contribution in [0.15, 0.2) is 47.4 Å². The molecule has 0 radical (unpaired) electrons. The highest BCUT2D eigenvalue weighted by Crippen LogP contribution is 2.37. The largest absolute Gasteiger partial charge is 0.491 e. The maximum atomic E-state index is 13.2. The fraction of sp³-hybridized carbons (Fsp3) is 0.238. The van der Waals surface area contributed by atoms with Gasteiger partial charge in [-0.1, -0.05) is 48.9 Å². The molecule has 0 atom stereocenters. The second kappa shape index (κ2) is 8.49. The summed E-state index contributed by atoms with van der Waals surface area (Å²) in [6.07, 6.45) is 0. The number of nitrogens with zero attached hydrogens (tertiary/aromatic N) is 2. The molecule has 3 rings (SSSR count). The number of carbonyl (C=O) groups excluding carboxylic acids is 1. The van der Waals surface area contributed by atoms with Gasteiger partial charge in [-0.15, -0.1) is 0 Å². The summed E-state index contributed by atoms with van der Waals surface area (Å²) in [4.78, 5) is 17.5. The van der Waals surface area contributed by atoms with Crippen LogP contribution in [-0.4, -0.2) is 41.5 Å². The van der Waals surface area contributed by atoms with Gasteiger partial charge in [0.05, 0.1) is 23.1 Å². The van der Waals surface area contributed by atoms with Gasteiger partial charge >= 0.3 is 0 Å². The van der Waals surface area contributed by atoms with Crippen LogP contribution in [0, 0.1) is 6.92 Å². The first-order valence-electron chi connectivity index (χ1n) is 9.29. The Hall–Kier alpha value is -2.84. The number of ketones is 1. The summed E-state index contributed by atoms with van der Waals surface area (Å²) >= 11 is 6.41. The topological polar surface area (TPSA) is 98.5 Å². The Balaban J connectivity index is 2.15. The van der Waals surface area contributed by atoms with E-state index in [2.05, 4.69) is 4.98 Å². The summed E-state index contributed by atoms with van der Waals surface area (Å²) in [7, 11) is -3.62. The maximum Gasteiger partial charge on any atom is 0.216 e.